The molecule has 0 saturated heterocycles. The van der Waals surface area contributed by atoms with Crippen molar-refractivity contribution in [2.45, 2.75) is 20.1 Å². The van der Waals surface area contributed by atoms with Crippen LogP contribution < -0.4 is 10.5 Å². The van der Waals surface area contributed by atoms with Gasteiger partial charge in [0, 0.05) is 12.1 Å². The number of rotatable bonds is 6. The van der Waals surface area contributed by atoms with E-state index in [1.165, 1.54) is 11.7 Å². The Balaban J connectivity index is 1.92. The monoisotopic (exact) mass is 261 g/mol. The van der Waals surface area contributed by atoms with E-state index in [1.807, 2.05) is 0 Å². The lowest BCUT2D eigenvalue weighted by atomic mass is 10.1. The van der Waals surface area contributed by atoms with Crippen LogP contribution in [0.4, 0.5) is 0 Å². The van der Waals surface area contributed by atoms with Crippen molar-refractivity contribution in [3.63, 3.8) is 0 Å². The van der Waals surface area contributed by atoms with Crippen LogP contribution >= 0.6 is 0 Å². The van der Waals surface area contributed by atoms with Gasteiger partial charge >= 0.3 is 0 Å². The second-order valence-electron chi connectivity index (χ2n) is 3.96. The molecule has 0 aliphatic rings. The Morgan fingerprint density at radius 2 is 2.11 bits per heavy atom. The van der Waals surface area contributed by atoms with Crippen LogP contribution in [0, 0.1) is 0 Å². The van der Waals surface area contributed by atoms with Crippen LogP contribution in [0.5, 0.6) is 5.75 Å². The molecule has 7 heteroatoms. The van der Waals surface area contributed by atoms with Crippen LogP contribution in [-0.4, -0.2) is 32.5 Å². The van der Waals surface area contributed by atoms with Crippen molar-refractivity contribution >= 4 is 5.78 Å². The molecular weight excluding hydrogens is 246 g/mol. The first-order valence-corrected chi connectivity index (χ1v) is 5.89. The van der Waals surface area contributed by atoms with Crippen molar-refractivity contribution < 1.29 is 9.53 Å². The number of nitrogens with two attached hydrogens (primary N) is 1. The van der Waals surface area contributed by atoms with E-state index < -0.39 is 0 Å². The molecule has 0 unspecified atom stereocenters. The third-order valence-corrected chi connectivity index (χ3v) is 2.45. The number of Topliss-reactive ketones (excluding diaryl/α,β-unsaturated/α-hetero) is 1. The summed E-state index contributed by atoms with van der Waals surface area (Å²) in [5.74, 6) is 1.17. The lowest BCUT2D eigenvalue weighted by molar-refractivity contribution is 0.101. The SMILES string of the molecule is CC(=O)c1ccc(OCc2nnn(CCN)n2)cc1. The Kier molecular flexibility index (Phi) is 4.19. The summed E-state index contributed by atoms with van der Waals surface area (Å²) in [6.45, 7) is 2.74. The molecule has 1 aromatic heterocycles. The number of carbonyl (C=O) groups excluding carboxylic acids is 1. The molecule has 2 aromatic rings. The number of hydrogen-bond acceptors (Lipinski definition) is 6. The van der Waals surface area contributed by atoms with E-state index in [4.69, 9.17) is 10.5 Å². The van der Waals surface area contributed by atoms with Crippen LogP contribution in [0.2, 0.25) is 0 Å². The Labute approximate surface area is 110 Å². The molecule has 7 nitrogen and oxygen atoms in total. The van der Waals surface area contributed by atoms with Gasteiger partial charge in [0.25, 0.3) is 0 Å². The largest absolute Gasteiger partial charge is 0.485 e. The lowest BCUT2D eigenvalue weighted by Crippen LogP contribution is -2.12. The first-order chi connectivity index (χ1) is 9.19. The number of tetrazole rings is 1. The van der Waals surface area contributed by atoms with E-state index in [1.54, 1.807) is 24.3 Å². The zero-order valence-electron chi connectivity index (χ0n) is 10.6. The third kappa shape index (κ3) is 3.59. The van der Waals surface area contributed by atoms with Crippen molar-refractivity contribution in [2.24, 2.45) is 5.73 Å². The third-order valence-electron chi connectivity index (χ3n) is 2.45. The molecule has 100 valence electrons. The molecule has 2 rings (SSSR count). The normalized spacial score (nSPS) is 10.4. The summed E-state index contributed by atoms with van der Waals surface area (Å²) in [5.41, 5.74) is 6.04. The fourth-order valence-electron chi connectivity index (χ4n) is 1.48. The molecule has 1 aromatic carbocycles. The number of hydrogen-bond donors (Lipinski definition) is 1. The van der Waals surface area contributed by atoms with Crippen LogP contribution in [0.1, 0.15) is 23.1 Å². The van der Waals surface area contributed by atoms with Gasteiger partial charge in [0.1, 0.15) is 5.75 Å². The molecule has 1 heterocycles. The minimum absolute atomic E-state index is 0.0259. The van der Waals surface area contributed by atoms with Crippen molar-refractivity contribution in [2.75, 3.05) is 6.54 Å². The van der Waals surface area contributed by atoms with Crippen LogP contribution in [-0.2, 0) is 13.2 Å². The molecule has 0 aliphatic carbocycles. The highest BCUT2D eigenvalue weighted by Gasteiger charge is 2.04. The van der Waals surface area contributed by atoms with Crippen molar-refractivity contribution in [1.82, 2.24) is 20.2 Å². The maximum Gasteiger partial charge on any atom is 0.212 e. The molecule has 2 N–H and O–H groups in total. The predicted molar refractivity (Wildman–Crippen MR) is 67.6 cm³/mol. The molecule has 0 spiro atoms. The van der Waals surface area contributed by atoms with Gasteiger partial charge in [-0.25, -0.2) is 0 Å². The molecule has 0 atom stereocenters. The number of ketones is 1. The molecule has 0 radical (unpaired) electrons. The smallest absolute Gasteiger partial charge is 0.212 e. The predicted octanol–water partition coefficient (Wildman–Crippen LogP) is 0.413. The average Bonchev–Trinajstić information content (AvgIpc) is 2.85. The summed E-state index contributed by atoms with van der Waals surface area (Å²) < 4.78 is 5.50. The molecular formula is C12H15N5O2. The molecule has 0 fully saturated rings. The number of aromatic nitrogens is 4. The number of ether oxygens (including phenoxy) is 1. The van der Waals surface area contributed by atoms with Gasteiger partial charge in [0.15, 0.2) is 12.4 Å². The minimum Gasteiger partial charge on any atom is -0.485 e. The summed E-state index contributed by atoms with van der Waals surface area (Å²) in [6.07, 6.45) is 0. The van der Waals surface area contributed by atoms with Gasteiger partial charge < -0.3 is 10.5 Å². The van der Waals surface area contributed by atoms with E-state index in [0.717, 1.165) is 0 Å². The van der Waals surface area contributed by atoms with Gasteiger partial charge in [-0.05, 0) is 36.4 Å². The fourth-order valence-corrected chi connectivity index (χ4v) is 1.48. The maximum atomic E-state index is 11.1. The fraction of sp³-hybridized carbons (Fsp3) is 0.333. The van der Waals surface area contributed by atoms with Crippen LogP contribution in [0.3, 0.4) is 0 Å². The summed E-state index contributed by atoms with van der Waals surface area (Å²) in [4.78, 5) is 12.5. The molecule has 0 amide bonds. The Morgan fingerprint density at radius 3 is 2.74 bits per heavy atom. The van der Waals surface area contributed by atoms with Gasteiger partial charge in [-0.1, -0.05) is 0 Å². The van der Waals surface area contributed by atoms with E-state index in [-0.39, 0.29) is 12.4 Å². The second kappa shape index (κ2) is 6.05. The topological polar surface area (TPSA) is 95.9 Å². The van der Waals surface area contributed by atoms with Gasteiger partial charge in [-0.15, -0.1) is 10.2 Å². The van der Waals surface area contributed by atoms with Gasteiger partial charge in [-0.2, -0.15) is 4.80 Å². The number of benzene rings is 1. The number of carbonyl (C=O) groups is 1. The van der Waals surface area contributed by atoms with Gasteiger partial charge in [0.2, 0.25) is 5.82 Å². The van der Waals surface area contributed by atoms with Crippen LogP contribution in [0.15, 0.2) is 24.3 Å². The average molecular weight is 261 g/mol. The summed E-state index contributed by atoms with van der Waals surface area (Å²) in [5, 5.41) is 11.8. The molecule has 0 saturated carbocycles. The quantitative estimate of drug-likeness (QED) is 0.757. The highest BCUT2D eigenvalue weighted by atomic mass is 16.5. The van der Waals surface area contributed by atoms with Crippen molar-refractivity contribution in [3.8, 4) is 5.75 Å². The highest BCUT2D eigenvalue weighted by Crippen LogP contribution is 2.13. The lowest BCUT2D eigenvalue weighted by Gasteiger charge is -2.03. The number of nitrogens with zero attached hydrogens (tertiary/aromatic N) is 4. The first-order valence-electron chi connectivity index (χ1n) is 5.89. The standard InChI is InChI=1S/C12H15N5O2/c1-9(18)10-2-4-11(5-3-10)19-8-12-14-16-17(15-12)7-6-13/h2-5H,6-8,13H2,1H3. The van der Waals surface area contributed by atoms with Crippen LogP contribution in [0.25, 0.3) is 0 Å². The Hall–Kier alpha value is -2.28. The first kappa shape index (κ1) is 13.2. The maximum absolute atomic E-state index is 11.1. The molecule has 19 heavy (non-hydrogen) atoms. The van der Waals surface area contributed by atoms with Crippen molar-refractivity contribution in [3.05, 3.63) is 35.7 Å². The summed E-state index contributed by atoms with van der Waals surface area (Å²) in [6, 6.07) is 6.91. The molecule has 0 aliphatic heterocycles. The highest BCUT2D eigenvalue weighted by molar-refractivity contribution is 5.94. The van der Waals surface area contributed by atoms with E-state index >= 15 is 0 Å². The summed E-state index contributed by atoms with van der Waals surface area (Å²) >= 11 is 0. The minimum atomic E-state index is 0.0259. The van der Waals surface area contributed by atoms with Gasteiger partial charge in [-0.3, -0.25) is 4.79 Å². The molecule has 0 bridgehead atoms. The Morgan fingerprint density at radius 1 is 1.37 bits per heavy atom. The summed E-state index contributed by atoms with van der Waals surface area (Å²) in [7, 11) is 0. The van der Waals surface area contributed by atoms with E-state index in [9.17, 15) is 4.79 Å². The van der Waals surface area contributed by atoms with E-state index in [0.29, 0.717) is 30.2 Å². The second-order valence-corrected chi connectivity index (χ2v) is 3.96. The zero-order chi connectivity index (χ0) is 13.7. The van der Waals surface area contributed by atoms with E-state index in [2.05, 4.69) is 15.4 Å². The van der Waals surface area contributed by atoms with Gasteiger partial charge in [0.05, 0.1) is 6.54 Å². The Bertz CT molecular complexity index is 550. The zero-order valence-corrected chi connectivity index (χ0v) is 10.6. The van der Waals surface area contributed by atoms with Crippen molar-refractivity contribution in [1.29, 1.82) is 0 Å².